The Balaban J connectivity index is 0.000000234. The summed E-state index contributed by atoms with van der Waals surface area (Å²) in [5.74, 6) is -3.35. The molecule has 14 rings (SSSR count). The van der Waals surface area contributed by atoms with E-state index in [0.717, 1.165) is 0 Å². The number of nitrogens with one attached hydrogen (secondary N) is 4. The molecule has 0 unspecified atom stereocenters. The van der Waals surface area contributed by atoms with Crippen LogP contribution in [0.15, 0.2) is 97.1 Å². The standard InChI is InChI=1S/C46H58N12O12.C45H56N12O12/c1-7-57-30(17-24(3)53-57)42(64)51-45-49-28-19-26(40(47)62)21-32(66-5)35(28)55(45)13-9-10-14-56-36-29(50-46(56)52-43(65)31-18-25(4)54-58(31)8-2)20-27(41(48)63)22-33(36)68-15-11-12-16-69-39-38(61)37(60)34(23-59)70-44(39)67-6;1-7-56-29(16-23(3)52-56)41(63)50-44-48-27-18-25(39(46)61)20-31(65-5)34(27)54(44)12-9-10-13-55-35-28(49-45(55)51-42(64)30-17-24(4)53-57(30)8-2)19-26(40(47)62)21-32(35)67-14-11-15-68-38-37(60)36(59)33(22-58)69-43(38)66-6/h9-10,17-22,34,37-39,44,59-61H,7-8,11-16,23H2,1-6H3,(H2,47,62)(H2,48,63)(H,49,51,64)(H,50,52,65);9-10,16-21,33,36-38,43,58-60H,7-8,11-15,22H2,1-6H3,(H2,46,61)(H2,47,62)(H,48,50,63)(H,49,51,64)/b2*10-9+/t34-,37-,38+,39-,44+;33-,36-,37+,38-,43+/m11/s1. The molecule has 139 heavy (non-hydrogen) atoms. The predicted molar refractivity (Wildman–Crippen MR) is 501 cm³/mol. The average Bonchev–Trinajstić information content (AvgIpc) is 1.63. The van der Waals surface area contributed by atoms with Crippen molar-refractivity contribution in [3.05, 3.63) is 165 Å². The van der Waals surface area contributed by atoms with Gasteiger partial charge in [0.1, 0.15) is 117 Å². The maximum absolute atomic E-state index is 13.9. The maximum atomic E-state index is 13.9. The molecule has 0 spiro atoms. The van der Waals surface area contributed by atoms with E-state index in [-0.39, 0.29) is 145 Å². The van der Waals surface area contributed by atoms with Crippen LogP contribution >= 0.6 is 0 Å². The molecule has 2 fully saturated rings. The van der Waals surface area contributed by atoms with E-state index in [9.17, 15) is 69.0 Å². The molecular weight excluding hydrogens is 1810 g/mol. The zero-order valence-corrected chi connectivity index (χ0v) is 78.5. The summed E-state index contributed by atoms with van der Waals surface area (Å²) in [6, 6.07) is 18.6. The molecule has 0 radical (unpaired) electrons. The van der Waals surface area contributed by atoms with Crippen molar-refractivity contribution in [1.82, 2.24) is 77.3 Å². The minimum atomic E-state index is -1.42. The third-order valence-corrected chi connectivity index (χ3v) is 23.0. The second-order valence-electron chi connectivity index (χ2n) is 32.4. The molecule has 0 aliphatic carbocycles. The van der Waals surface area contributed by atoms with E-state index in [0.29, 0.717) is 112 Å². The zero-order valence-electron chi connectivity index (χ0n) is 78.5. The molecule has 10 atom stereocenters. The predicted octanol–water partition coefficient (Wildman–Crippen LogP) is 3.68. The first-order chi connectivity index (χ1) is 66.7. The number of amides is 8. The number of hydrogen-bond donors (Lipinski definition) is 14. The fourth-order valence-corrected chi connectivity index (χ4v) is 16.3. The number of nitrogens with two attached hydrogens (primary N) is 4. The summed E-state index contributed by atoms with van der Waals surface area (Å²) in [7, 11) is 5.58. The molecule has 2 aliphatic heterocycles. The van der Waals surface area contributed by atoms with Crippen molar-refractivity contribution in [2.75, 3.05) is 89.3 Å². The highest BCUT2D eigenvalue weighted by atomic mass is 16.7. The van der Waals surface area contributed by atoms with Crippen LogP contribution in [0.2, 0.25) is 0 Å². The van der Waals surface area contributed by atoms with Crippen LogP contribution in [0, 0.1) is 27.7 Å². The molecule has 10 heterocycles. The first-order valence-electron chi connectivity index (χ1n) is 44.7. The SMILES string of the molecule is CCn1nc(C)cc1C(=O)Nc1nc2cc(C(N)=O)cc(OC)c2n1C/C=C/Cn1c(NC(=O)c2cc(C)nn2CC)nc2cc(C(N)=O)cc(OCCCCO[C@H]3[C@@H](OC)O[C@H](CO)[C@@H](O)[C@@H]3O)c21.CCn1nc(C)cc1C(=O)Nc1nc2cc(C(N)=O)cc(OC)c2n1C/C=C/Cn1c(NC(=O)c2cc(C)nn2CC)nc2cc(C(N)=O)cc(OCCCO[C@H]3[C@@H](OC)O[C@H](CO)[C@@H](O)[C@@H]3O)c21. The number of aliphatic hydroxyl groups excluding tert-OH is 6. The number of ether oxygens (including phenoxy) is 10. The highest BCUT2D eigenvalue weighted by molar-refractivity contribution is 6.08. The van der Waals surface area contributed by atoms with E-state index in [1.54, 1.807) is 113 Å². The number of primary amides is 4. The molecule has 0 saturated carbocycles. The first kappa shape index (κ1) is 102. The second-order valence-corrected chi connectivity index (χ2v) is 32.4. The third-order valence-electron chi connectivity index (χ3n) is 23.0. The van der Waals surface area contributed by atoms with Gasteiger partial charge in [-0.05, 0) is 141 Å². The lowest BCUT2D eigenvalue weighted by molar-refractivity contribution is -0.303. The van der Waals surface area contributed by atoms with Crippen LogP contribution in [0.3, 0.4) is 0 Å². The Kier molecular flexibility index (Phi) is 33.2. The topological polar surface area (TPSA) is 645 Å². The van der Waals surface area contributed by atoms with Crippen molar-refractivity contribution in [2.45, 2.75) is 188 Å². The summed E-state index contributed by atoms with van der Waals surface area (Å²) in [6.45, 7) is 15.9. The third kappa shape index (κ3) is 22.5. The number of benzene rings is 4. The van der Waals surface area contributed by atoms with Gasteiger partial charge in [0.05, 0.1) is 92.1 Å². The number of carbonyl (C=O) groups excluding carboxylic acids is 8. The number of aromatic nitrogens is 16. The van der Waals surface area contributed by atoms with Crippen molar-refractivity contribution in [3.63, 3.8) is 0 Å². The van der Waals surface area contributed by atoms with Gasteiger partial charge in [0.25, 0.3) is 23.6 Å². The van der Waals surface area contributed by atoms with Gasteiger partial charge in [-0.3, -0.25) is 78.4 Å². The zero-order chi connectivity index (χ0) is 100. The lowest BCUT2D eigenvalue weighted by Crippen LogP contribution is -2.59. The van der Waals surface area contributed by atoms with Gasteiger partial charge in [-0.25, -0.2) is 19.9 Å². The van der Waals surface area contributed by atoms with Crippen molar-refractivity contribution in [3.8, 4) is 23.0 Å². The number of imidazole rings is 4. The quantitative estimate of drug-likeness (QED) is 0.0191. The smallest absolute Gasteiger partial charge is 0.276 e. The summed E-state index contributed by atoms with van der Waals surface area (Å²) in [5, 5.41) is 90.4. The number of hydrogen-bond acceptors (Lipinski definition) is 32. The molecule has 48 heteroatoms. The van der Waals surface area contributed by atoms with E-state index in [1.807, 2.05) is 27.7 Å². The van der Waals surface area contributed by atoms with Gasteiger partial charge in [0.2, 0.25) is 47.4 Å². The molecular formula is C91H114N24O24. The number of rotatable bonds is 43. The monoisotopic (exact) mass is 1930 g/mol. The number of unbranched alkanes of at least 4 members (excludes halogenated alkanes) is 1. The van der Waals surface area contributed by atoms with Gasteiger partial charge in [0.15, 0.2) is 12.6 Å². The number of anilines is 4. The Labute approximate surface area is 794 Å². The molecule has 2 saturated heterocycles. The summed E-state index contributed by atoms with van der Waals surface area (Å²) < 4.78 is 70.4. The van der Waals surface area contributed by atoms with Crippen LogP contribution in [0.25, 0.3) is 44.1 Å². The van der Waals surface area contributed by atoms with Crippen LogP contribution in [-0.2, 0) is 80.8 Å². The largest absolute Gasteiger partial charge is 0.494 e. The number of fused-ring (bicyclic) bond motifs is 4. The molecule has 0 bridgehead atoms. The highest BCUT2D eigenvalue weighted by Crippen LogP contribution is 2.38. The second kappa shape index (κ2) is 45.2. The molecule has 48 nitrogen and oxygen atoms in total. The molecule has 8 amide bonds. The summed E-state index contributed by atoms with van der Waals surface area (Å²) in [6.07, 6.45) is -3.65. The van der Waals surface area contributed by atoms with Crippen LogP contribution in [-0.4, -0.2) is 285 Å². The van der Waals surface area contributed by atoms with Crippen molar-refractivity contribution < 1.29 is 116 Å². The number of methoxy groups -OCH3 is 4. The van der Waals surface area contributed by atoms with Crippen molar-refractivity contribution >= 4 is 115 Å². The van der Waals surface area contributed by atoms with Crippen LogP contribution < -0.4 is 63.1 Å². The number of nitrogens with zero attached hydrogens (tertiary/aromatic N) is 16. The lowest BCUT2D eigenvalue weighted by Gasteiger charge is -2.41. The Hall–Kier alpha value is -14.4. The van der Waals surface area contributed by atoms with E-state index in [1.165, 1.54) is 77.0 Å². The van der Waals surface area contributed by atoms with Gasteiger partial charge in [-0.15, -0.1) is 0 Å². The van der Waals surface area contributed by atoms with Crippen LogP contribution in [0.5, 0.6) is 23.0 Å². The summed E-state index contributed by atoms with van der Waals surface area (Å²) in [5.41, 5.74) is 30.0. The molecule has 2 aliphatic rings. The maximum Gasteiger partial charge on any atom is 0.276 e. The molecule has 12 aromatic rings. The minimum absolute atomic E-state index is 0.00975. The van der Waals surface area contributed by atoms with Crippen LogP contribution in [0.1, 0.15) is 153 Å². The van der Waals surface area contributed by atoms with Gasteiger partial charge in [-0.1, -0.05) is 24.3 Å². The highest BCUT2D eigenvalue weighted by Gasteiger charge is 2.47. The van der Waals surface area contributed by atoms with Gasteiger partial charge in [-0.2, -0.15) is 20.4 Å². The van der Waals surface area contributed by atoms with Gasteiger partial charge in [0, 0.05) is 102 Å². The Morgan fingerprint density at radius 3 is 0.892 bits per heavy atom. The fourth-order valence-electron chi connectivity index (χ4n) is 16.3. The summed E-state index contributed by atoms with van der Waals surface area (Å²) >= 11 is 0. The Morgan fingerprint density at radius 2 is 0.633 bits per heavy atom. The van der Waals surface area contributed by atoms with E-state index >= 15 is 0 Å². The van der Waals surface area contributed by atoms with Crippen LogP contribution in [0.4, 0.5) is 23.8 Å². The Morgan fingerprint density at radius 1 is 0.374 bits per heavy atom. The summed E-state index contributed by atoms with van der Waals surface area (Å²) in [4.78, 5) is 124. The van der Waals surface area contributed by atoms with E-state index < -0.39 is 122 Å². The van der Waals surface area contributed by atoms with E-state index in [4.69, 9.17) is 80.3 Å². The Bertz CT molecular complexity index is 6590. The number of aryl methyl sites for hydroxylation is 8. The number of aliphatic hydroxyl groups is 6. The van der Waals surface area contributed by atoms with Gasteiger partial charge < -0.3 is 119 Å². The first-order valence-corrected chi connectivity index (χ1v) is 44.7. The molecule has 8 aromatic heterocycles. The minimum Gasteiger partial charge on any atom is -0.494 e. The lowest BCUT2D eigenvalue weighted by atomic mass is 9.99. The van der Waals surface area contributed by atoms with Crippen molar-refractivity contribution in [1.29, 1.82) is 0 Å². The van der Waals surface area contributed by atoms with Gasteiger partial charge >= 0.3 is 0 Å². The average molecular weight is 1930 g/mol. The number of carbonyl (C=O) groups is 8. The molecule has 742 valence electrons. The normalized spacial score (nSPS) is 18.3. The molecule has 4 aromatic carbocycles. The molecule has 18 N–H and O–H groups in total. The fraction of sp³-hybridized carbons (Fsp3) is 0.429. The number of allylic oxidation sites excluding steroid dienone is 4. The van der Waals surface area contributed by atoms with Crippen molar-refractivity contribution in [2.24, 2.45) is 22.9 Å². The van der Waals surface area contributed by atoms with E-state index in [2.05, 4.69) is 51.6 Å².